The predicted octanol–water partition coefficient (Wildman–Crippen LogP) is 0.678. The average molecular weight is 290 g/mol. The molecular weight excluding hydrogens is 272 g/mol. The van der Waals surface area contributed by atoms with Crippen molar-refractivity contribution in [2.75, 3.05) is 13.2 Å². The normalized spacial score (nSPS) is 12.4. The van der Waals surface area contributed by atoms with Gasteiger partial charge in [0.2, 0.25) is 11.6 Å². The van der Waals surface area contributed by atoms with Crippen molar-refractivity contribution in [2.45, 2.75) is 11.6 Å². The first-order chi connectivity index (χ1) is 9.92. The highest BCUT2D eigenvalue weighted by Gasteiger charge is 2.30. The molecule has 0 fully saturated rings. The van der Waals surface area contributed by atoms with Gasteiger partial charge in [-0.25, -0.2) is 0 Å². The topological polar surface area (TPSA) is 90.2 Å². The van der Waals surface area contributed by atoms with E-state index in [1.54, 1.807) is 60.7 Å². The third-order valence-corrected chi connectivity index (χ3v) is 3.08. The van der Waals surface area contributed by atoms with Crippen molar-refractivity contribution in [1.82, 2.24) is 0 Å². The summed E-state index contributed by atoms with van der Waals surface area (Å²) in [5, 5.41) is 39.7. The van der Waals surface area contributed by atoms with Crippen LogP contribution in [0.15, 0.2) is 60.7 Å². The Morgan fingerprint density at radius 1 is 0.619 bits per heavy atom. The summed E-state index contributed by atoms with van der Waals surface area (Å²) >= 11 is 0. The molecule has 0 atom stereocenters. The summed E-state index contributed by atoms with van der Waals surface area (Å²) in [6.45, 7) is -0.959. The summed E-state index contributed by atoms with van der Waals surface area (Å²) in [6, 6.07) is 16.4. The largest absolute Gasteiger partial charge is 0.369 e. The van der Waals surface area contributed by atoms with Gasteiger partial charge in [-0.15, -0.1) is 0 Å². The molecule has 0 aliphatic heterocycles. The molecule has 0 amide bonds. The lowest BCUT2D eigenvalue weighted by Crippen LogP contribution is -2.36. The minimum Gasteiger partial charge on any atom is -0.369 e. The Morgan fingerprint density at radius 2 is 0.952 bits per heavy atom. The van der Waals surface area contributed by atoms with Gasteiger partial charge in [-0.2, -0.15) is 0 Å². The zero-order valence-electron chi connectivity index (χ0n) is 11.4. The Labute approximate surface area is 122 Å². The van der Waals surface area contributed by atoms with Crippen molar-refractivity contribution in [2.24, 2.45) is 0 Å². The summed E-state index contributed by atoms with van der Waals surface area (Å²) in [4.78, 5) is 0. The third-order valence-electron chi connectivity index (χ3n) is 3.08. The highest BCUT2D eigenvalue weighted by molar-refractivity contribution is 5.20. The van der Waals surface area contributed by atoms with E-state index < -0.39 is 24.8 Å². The SMILES string of the molecule is OC(O)(COCC(O)(O)c1ccccc1)c1ccccc1. The predicted molar refractivity (Wildman–Crippen MR) is 75.9 cm³/mol. The lowest BCUT2D eigenvalue weighted by molar-refractivity contribution is -0.248. The van der Waals surface area contributed by atoms with Gasteiger partial charge in [0.25, 0.3) is 0 Å². The highest BCUT2D eigenvalue weighted by Crippen LogP contribution is 2.21. The molecule has 4 N–H and O–H groups in total. The van der Waals surface area contributed by atoms with Gasteiger partial charge in [0.15, 0.2) is 0 Å². The van der Waals surface area contributed by atoms with Crippen LogP contribution in [0.25, 0.3) is 0 Å². The van der Waals surface area contributed by atoms with Crippen LogP contribution < -0.4 is 0 Å². The van der Waals surface area contributed by atoms with E-state index in [-0.39, 0.29) is 11.1 Å². The van der Waals surface area contributed by atoms with E-state index in [9.17, 15) is 20.4 Å². The smallest absolute Gasteiger partial charge is 0.214 e. The molecule has 0 saturated carbocycles. The minimum atomic E-state index is -2.19. The van der Waals surface area contributed by atoms with E-state index in [1.807, 2.05) is 0 Å². The fourth-order valence-electron chi connectivity index (χ4n) is 1.91. The summed E-state index contributed by atoms with van der Waals surface area (Å²) in [5.41, 5.74) is 0.539. The molecule has 112 valence electrons. The Balaban J connectivity index is 1.95. The molecule has 2 rings (SSSR count). The van der Waals surface area contributed by atoms with Crippen LogP contribution in [0, 0.1) is 0 Å². The fraction of sp³-hybridized carbons (Fsp3) is 0.250. The quantitative estimate of drug-likeness (QED) is 0.587. The van der Waals surface area contributed by atoms with E-state index in [1.165, 1.54) is 0 Å². The van der Waals surface area contributed by atoms with Gasteiger partial charge in [-0.05, 0) is 0 Å². The van der Waals surface area contributed by atoms with Crippen LogP contribution in [0.5, 0.6) is 0 Å². The summed E-state index contributed by atoms with van der Waals surface area (Å²) in [7, 11) is 0. The van der Waals surface area contributed by atoms with Gasteiger partial charge < -0.3 is 25.2 Å². The third kappa shape index (κ3) is 4.10. The molecule has 0 aliphatic carbocycles. The van der Waals surface area contributed by atoms with Crippen molar-refractivity contribution < 1.29 is 25.2 Å². The van der Waals surface area contributed by atoms with E-state index in [0.29, 0.717) is 0 Å². The molecule has 0 heterocycles. The van der Waals surface area contributed by atoms with Crippen LogP contribution in [-0.4, -0.2) is 33.6 Å². The Morgan fingerprint density at radius 3 is 1.29 bits per heavy atom. The van der Waals surface area contributed by atoms with E-state index in [2.05, 4.69) is 0 Å². The number of ether oxygens (including phenoxy) is 1. The van der Waals surface area contributed by atoms with Gasteiger partial charge in [0.05, 0.1) is 0 Å². The van der Waals surface area contributed by atoms with Gasteiger partial charge in [-0.3, -0.25) is 0 Å². The molecule has 2 aromatic carbocycles. The highest BCUT2D eigenvalue weighted by atomic mass is 16.6. The van der Waals surface area contributed by atoms with Crippen LogP contribution in [0.4, 0.5) is 0 Å². The number of rotatable bonds is 6. The molecule has 0 radical (unpaired) electrons. The maximum absolute atomic E-state index is 9.92. The fourth-order valence-corrected chi connectivity index (χ4v) is 1.91. The molecule has 0 aromatic heterocycles. The van der Waals surface area contributed by atoms with Crippen LogP contribution in [0.2, 0.25) is 0 Å². The monoisotopic (exact) mass is 290 g/mol. The first-order valence-corrected chi connectivity index (χ1v) is 6.50. The number of hydrogen-bond acceptors (Lipinski definition) is 5. The molecule has 2 aromatic rings. The zero-order chi connectivity index (χ0) is 15.3. The molecule has 0 saturated heterocycles. The second kappa shape index (κ2) is 6.34. The van der Waals surface area contributed by atoms with Crippen LogP contribution >= 0.6 is 0 Å². The van der Waals surface area contributed by atoms with Crippen molar-refractivity contribution in [3.05, 3.63) is 71.8 Å². The molecule has 0 aliphatic rings. The van der Waals surface area contributed by atoms with Crippen molar-refractivity contribution in [3.8, 4) is 0 Å². The second-order valence-electron chi connectivity index (χ2n) is 4.86. The van der Waals surface area contributed by atoms with Crippen LogP contribution in [-0.2, 0) is 16.3 Å². The average Bonchev–Trinajstić information content (AvgIpc) is 2.49. The molecule has 5 heteroatoms. The number of benzene rings is 2. The van der Waals surface area contributed by atoms with Crippen LogP contribution in [0.1, 0.15) is 11.1 Å². The lowest BCUT2D eigenvalue weighted by atomic mass is 10.1. The summed E-state index contributed by atoms with van der Waals surface area (Å²) in [6.07, 6.45) is 0. The first-order valence-electron chi connectivity index (χ1n) is 6.50. The van der Waals surface area contributed by atoms with Gasteiger partial charge >= 0.3 is 0 Å². The van der Waals surface area contributed by atoms with Gasteiger partial charge in [-0.1, -0.05) is 60.7 Å². The number of hydrogen-bond donors (Lipinski definition) is 4. The van der Waals surface area contributed by atoms with E-state index in [4.69, 9.17) is 4.74 Å². The van der Waals surface area contributed by atoms with E-state index >= 15 is 0 Å². The molecule has 0 spiro atoms. The maximum Gasteiger partial charge on any atom is 0.214 e. The molecule has 0 bridgehead atoms. The molecule has 5 nitrogen and oxygen atoms in total. The van der Waals surface area contributed by atoms with Gasteiger partial charge in [0, 0.05) is 11.1 Å². The van der Waals surface area contributed by atoms with Crippen molar-refractivity contribution in [3.63, 3.8) is 0 Å². The van der Waals surface area contributed by atoms with Crippen molar-refractivity contribution >= 4 is 0 Å². The summed E-state index contributed by atoms with van der Waals surface area (Å²) < 4.78 is 5.07. The van der Waals surface area contributed by atoms with Gasteiger partial charge in [0.1, 0.15) is 13.2 Å². The zero-order valence-corrected chi connectivity index (χ0v) is 11.4. The second-order valence-corrected chi connectivity index (χ2v) is 4.86. The molecule has 0 unspecified atom stereocenters. The summed E-state index contributed by atoms with van der Waals surface area (Å²) in [5.74, 6) is -4.37. The molecular formula is C16H18O5. The van der Waals surface area contributed by atoms with Crippen molar-refractivity contribution in [1.29, 1.82) is 0 Å². The molecule has 21 heavy (non-hydrogen) atoms. The maximum atomic E-state index is 9.92. The van der Waals surface area contributed by atoms with E-state index in [0.717, 1.165) is 0 Å². The minimum absolute atomic E-state index is 0.270. The Bertz CT molecular complexity index is 500. The first kappa shape index (κ1) is 15.6. The lowest BCUT2D eigenvalue weighted by Gasteiger charge is -2.26. The standard InChI is InChI=1S/C16H18O5/c17-15(18,13-7-3-1-4-8-13)11-21-12-16(19,20)14-9-5-2-6-10-14/h1-10,17-20H,11-12H2. The van der Waals surface area contributed by atoms with Crippen LogP contribution in [0.3, 0.4) is 0 Å². The Kier molecular flexibility index (Phi) is 4.72. The Hall–Kier alpha value is -1.76. The number of aliphatic hydroxyl groups is 4.